The zero-order valence-electron chi connectivity index (χ0n) is 13.4. The van der Waals surface area contributed by atoms with Crippen molar-refractivity contribution in [1.82, 2.24) is 10.2 Å². The van der Waals surface area contributed by atoms with Crippen LogP contribution in [0.2, 0.25) is 0 Å². The summed E-state index contributed by atoms with van der Waals surface area (Å²) >= 11 is 0. The molecule has 108 valence electrons. The van der Waals surface area contributed by atoms with Gasteiger partial charge in [0.25, 0.3) is 0 Å². The highest BCUT2D eigenvalue weighted by Crippen LogP contribution is 2.34. The van der Waals surface area contributed by atoms with E-state index in [2.05, 4.69) is 51.8 Å². The Bertz CT molecular complexity index is 230. The Balaban J connectivity index is 2.38. The van der Waals surface area contributed by atoms with Crippen LogP contribution in [0.15, 0.2) is 0 Å². The van der Waals surface area contributed by atoms with Crippen LogP contribution in [-0.2, 0) is 0 Å². The first kappa shape index (κ1) is 16.0. The van der Waals surface area contributed by atoms with E-state index >= 15 is 0 Å². The molecule has 0 bridgehead atoms. The molecule has 1 rings (SSSR count). The van der Waals surface area contributed by atoms with E-state index in [0.717, 1.165) is 31.0 Å². The molecule has 2 heteroatoms. The van der Waals surface area contributed by atoms with Gasteiger partial charge in [0.05, 0.1) is 0 Å². The van der Waals surface area contributed by atoms with Crippen molar-refractivity contribution in [2.24, 2.45) is 17.3 Å². The van der Waals surface area contributed by atoms with Gasteiger partial charge in [-0.15, -0.1) is 0 Å². The minimum Gasteiger partial charge on any atom is -0.315 e. The molecule has 2 unspecified atom stereocenters. The summed E-state index contributed by atoms with van der Waals surface area (Å²) < 4.78 is 0. The normalized spacial score (nSPS) is 23.8. The molecule has 0 radical (unpaired) electrons. The van der Waals surface area contributed by atoms with Gasteiger partial charge in [-0.05, 0) is 43.2 Å². The summed E-state index contributed by atoms with van der Waals surface area (Å²) in [6.45, 7) is 18.9. The van der Waals surface area contributed by atoms with Crippen LogP contribution in [-0.4, -0.2) is 37.1 Å². The van der Waals surface area contributed by atoms with E-state index in [9.17, 15) is 0 Å². The van der Waals surface area contributed by atoms with E-state index < -0.39 is 0 Å². The van der Waals surface area contributed by atoms with Crippen LogP contribution in [0, 0.1) is 17.3 Å². The van der Waals surface area contributed by atoms with Gasteiger partial charge >= 0.3 is 0 Å². The average molecular weight is 254 g/mol. The molecular formula is C16H34N2. The number of hydrogen-bond donors (Lipinski definition) is 1. The minimum absolute atomic E-state index is 0.471. The molecule has 1 saturated heterocycles. The molecule has 18 heavy (non-hydrogen) atoms. The summed E-state index contributed by atoms with van der Waals surface area (Å²) in [5.41, 5.74) is 0.471. The van der Waals surface area contributed by atoms with Crippen molar-refractivity contribution in [2.45, 2.75) is 60.4 Å². The quantitative estimate of drug-likeness (QED) is 0.782. The van der Waals surface area contributed by atoms with Crippen molar-refractivity contribution in [2.75, 3.05) is 26.2 Å². The highest BCUT2D eigenvalue weighted by atomic mass is 15.2. The maximum absolute atomic E-state index is 3.62. The lowest BCUT2D eigenvalue weighted by molar-refractivity contribution is 0.187. The van der Waals surface area contributed by atoms with Gasteiger partial charge in [0.1, 0.15) is 0 Å². The number of hydrogen-bond acceptors (Lipinski definition) is 2. The zero-order chi connectivity index (χ0) is 13.8. The van der Waals surface area contributed by atoms with Gasteiger partial charge in [-0.2, -0.15) is 0 Å². The van der Waals surface area contributed by atoms with Crippen LogP contribution in [0.4, 0.5) is 0 Å². The number of nitrogens with one attached hydrogen (secondary N) is 1. The third-order valence-electron chi connectivity index (χ3n) is 4.36. The maximum Gasteiger partial charge on any atom is 0.0218 e. The molecule has 0 spiro atoms. The number of nitrogens with zero attached hydrogens (tertiary/aromatic N) is 1. The maximum atomic E-state index is 3.62. The molecule has 0 aliphatic carbocycles. The largest absolute Gasteiger partial charge is 0.315 e. The highest BCUT2D eigenvalue weighted by Gasteiger charge is 2.33. The van der Waals surface area contributed by atoms with Gasteiger partial charge in [-0.3, -0.25) is 4.90 Å². The van der Waals surface area contributed by atoms with Crippen LogP contribution < -0.4 is 5.32 Å². The van der Waals surface area contributed by atoms with Gasteiger partial charge < -0.3 is 5.32 Å². The molecule has 1 fully saturated rings. The van der Waals surface area contributed by atoms with E-state index in [1.807, 2.05) is 0 Å². The van der Waals surface area contributed by atoms with Gasteiger partial charge in [-0.1, -0.05) is 41.5 Å². The first-order chi connectivity index (χ1) is 8.34. The van der Waals surface area contributed by atoms with Crippen molar-refractivity contribution in [1.29, 1.82) is 0 Å². The van der Waals surface area contributed by atoms with E-state index in [1.54, 1.807) is 0 Å². The Hall–Kier alpha value is -0.0800. The van der Waals surface area contributed by atoms with Gasteiger partial charge in [-0.25, -0.2) is 0 Å². The Morgan fingerprint density at radius 2 is 1.89 bits per heavy atom. The standard InChI is InChI=1S/C16H34N2/c1-7-15(11-17-10-13(2)3)18-9-8-14(12-18)16(4,5)6/h13-15,17H,7-12H2,1-6H3. The second-order valence-electron chi connectivity index (χ2n) is 7.46. The molecule has 0 saturated carbocycles. The monoisotopic (exact) mass is 254 g/mol. The van der Waals surface area contributed by atoms with Crippen molar-refractivity contribution < 1.29 is 0 Å². The van der Waals surface area contributed by atoms with Gasteiger partial charge in [0.15, 0.2) is 0 Å². The molecule has 0 amide bonds. The predicted molar refractivity (Wildman–Crippen MR) is 80.9 cm³/mol. The van der Waals surface area contributed by atoms with E-state index in [-0.39, 0.29) is 0 Å². The third kappa shape index (κ3) is 4.89. The minimum atomic E-state index is 0.471. The Labute approximate surface area is 115 Å². The molecule has 1 heterocycles. The first-order valence-corrected chi connectivity index (χ1v) is 7.79. The number of rotatable bonds is 6. The van der Waals surface area contributed by atoms with E-state index in [0.29, 0.717) is 5.41 Å². The van der Waals surface area contributed by atoms with Crippen LogP contribution in [0.5, 0.6) is 0 Å². The van der Waals surface area contributed by atoms with Gasteiger partial charge in [0.2, 0.25) is 0 Å². The molecule has 1 aliphatic rings. The molecule has 0 aromatic carbocycles. The Morgan fingerprint density at radius 3 is 2.33 bits per heavy atom. The summed E-state index contributed by atoms with van der Waals surface area (Å²) in [4.78, 5) is 2.71. The van der Waals surface area contributed by atoms with Crippen LogP contribution >= 0.6 is 0 Å². The van der Waals surface area contributed by atoms with E-state index in [1.165, 1.54) is 25.9 Å². The molecule has 2 atom stereocenters. The smallest absolute Gasteiger partial charge is 0.0218 e. The van der Waals surface area contributed by atoms with Gasteiger partial charge in [0, 0.05) is 19.1 Å². The third-order valence-corrected chi connectivity index (χ3v) is 4.36. The lowest BCUT2D eigenvalue weighted by Gasteiger charge is -2.30. The topological polar surface area (TPSA) is 15.3 Å². The first-order valence-electron chi connectivity index (χ1n) is 7.79. The summed E-state index contributed by atoms with van der Waals surface area (Å²) in [7, 11) is 0. The molecular weight excluding hydrogens is 220 g/mol. The van der Waals surface area contributed by atoms with Crippen LogP contribution in [0.1, 0.15) is 54.4 Å². The Morgan fingerprint density at radius 1 is 1.22 bits per heavy atom. The number of likely N-dealkylation sites (tertiary alicyclic amines) is 1. The molecule has 1 aliphatic heterocycles. The second kappa shape index (κ2) is 6.91. The SMILES string of the molecule is CCC(CNCC(C)C)N1CCC(C(C)(C)C)C1. The molecule has 1 N–H and O–H groups in total. The second-order valence-corrected chi connectivity index (χ2v) is 7.46. The van der Waals surface area contributed by atoms with Crippen LogP contribution in [0.3, 0.4) is 0 Å². The summed E-state index contributed by atoms with van der Waals surface area (Å²) in [5, 5.41) is 3.62. The molecule has 2 nitrogen and oxygen atoms in total. The fourth-order valence-electron chi connectivity index (χ4n) is 2.90. The lowest BCUT2D eigenvalue weighted by Crippen LogP contribution is -2.42. The summed E-state index contributed by atoms with van der Waals surface area (Å²) in [6, 6.07) is 0.732. The lowest BCUT2D eigenvalue weighted by atomic mass is 9.80. The molecule has 0 aromatic heterocycles. The van der Waals surface area contributed by atoms with Crippen molar-refractivity contribution in [3.8, 4) is 0 Å². The van der Waals surface area contributed by atoms with Crippen molar-refractivity contribution >= 4 is 0 Å². The fraction of sp³-hybridized carbons (Fsp3) is 1.00. The summed E-state index contributed by atoms with van der Waals surface area (Å²) in [6.07, 6.45) is 2.64. The average Bonchev–Trinajstić information content (AvgIpc) is 2.72. The van der Waals surface area contributed by atoms with E-state index in [4.69, 9.17) is 0 Å². The Kier molecular flexibility index (Phi) is 6.13. The zero-order valence-corrected chi connectivity index (χ0v) is 13.4. The van der Waals surface area contributed by atoms with Crippen molar-refractivity contribution in [3.05, 3.63) is 0 Å². The summed E-state index contributed by atoms with van der Waals surface area (Å²) in [5.74, 6) is 1.63. The fourth-order valence-corrected chi connectivity index (χ4v) is 2.90. The predicted octanol–water partition coefficient (Wildman–Crippen LogP) is 3.38. The molecule has 0 aromatic rings. The highest BCUT2D eigenvalue weighted by molar-refractivity contribution is 4.87. The van der Waals surface area contributed by atoms with Crippen LogP contribution in [0.25, 0.3) is 0 Å². The van der Waals surface area contributed by atoms with Crippen molar-refractivity contribution in [3.63, 3.8) is 0 Å².